The highest BCUT2D eigenvalue weighted by Gasteiger charge is 2.35. The summed E-state index contributed by atoms with van der Waals surface area (Å²) in [7, 11) is 0. The number of carboxylic acid groups (broad SMARTS) is 1. The van der Waals surface area contributed by atoms with E-state index in [9.17, 15) is 4.79 Å². The Balaban J connectivity index is 2.45. The molecule has 0 aromatic carbocycles. The van der Waals surface area contributed by atoms with E-state index in [4.69, 9.17) is 21.1 Å². The van der Waals surface area contributed by atoms with E-state index in [-0.39, 0.29) is 11.1 Å². The molecule has 1 heterocycles. The summed E-state index contributed by atoms with van der Waals surface area (Å²) in [6.45, 7) is 1.93. The summed E-state index contributed by atoms with van der Waals surface area (Å²) < 4.78 is 5.23. The number of aliphatic carboxylic acids is 1. The average Bonchev–Trinajstić information content (AvgIpc) is 2.43. The molecule has 0 aliphatic heterocycles. The summed E-state index contributed by atoms with van der Waals surface area (Å²) in [5.41, 5.74) is 0.945. The number of halogens is 1. The monoisotopic (exact) mass is 214 g/mol. The molecule has 1 aliphatic rings. The number of fused-ring (bicyclic) bond motifs is 1. The lowest BCUT2D eigenvalue weighted by Gasteiger charge is -2.23. The third-order valence-electron chi connectivity index (χ3n) is 2.80. The van der Waals surface area contributed by atoms with Gasteiger partial charge in [0.2, 0.25) is 0 Å². The molecule has 1 aliphatic carbocycles. The van der Waals surface area contributed by atoms with Crippen LogP contribution in [0.15, 0.2) is 10.5 Å². The van der Waals surface area contributed by atoms with Crippen LogP contribution in [-0.2, 0) is 11.2 Å². The van der Waals surface area contributed by atoms with E-state index in [0.29, 0.717) is 5.76 Å². The zero-order valence-corrected chi connectivity index (χ0v) is 8.54. The second kappa shape index (κ2) is 3.31. The van der Waals surface area contributed by atoms with E-state index in [2.05, 4.69) is 0 Å². The molecule has 0 bridgehead atoms. The van der Waals surface area contributed by atoms with Gasteiger partial charge in [0.05, 0.1) is 0 Å². The molecule has 0 saturated carbocycles. The van der Waals surface area contributed by atoms with Crippen LogP contribution in [0.25, 0.3) is 0 Å². The largest absolute Gasteiger partial charge is 0.481 e. The second-order valence-electron chi connectivity index (χ2n) is 3.77. The minimum absolute atomic E-state index is 0.113. The topological polar surface area (TPSA) is 50.4 Å². The highest BCUT2D eigenvalue weighted by Crippen LogP contribution is 2.38. The van der Waals surface area contributed by atoms with Crippen LogP contribution in [0.5, 0.6) is 0 Å². The lowest BCUT2D eigenvalue weighted by Crippen LogP contribution is -2.24. The fraction of sp³-hybridized carbons (Fsp3) is 0.500. The Kier molecular flexibility index (Phi) is 2.27. The van der Waals surface area contributed by atoms with Gasteiger partial charge < -0.3 is 9.52 Å². The molecular formula is C10H11ClO3. The predicted molar refractivity (Wildman–Crippen MR) is 51.6 cm³/mol. The quantitative estimate of drug-likeness (QED) is 0.782. The van der Waals surface area contributed by atoms with Gasteiger partial charge in [-0.25, -0.2) is 0 Å². The van der Waals surface area contributed by atoms with Crippen LogP contribution in [-0.4, -0.2) is 11.1 Å². The van der Waals surface area contributed by atoms with Crippen LogP contribution in [0.1, 0.15) is 30.6 Å². The summed E-state index contributed by atoms with van der Waals surface area (Å²) in [4.78, 5) is 11.0. The molecule has 2 rings (SSSR count). The van der Waals surface area contributed by atoms with E-state index in [1.165, 1.54) is 0 Å². The number of hydrogen-bond acceptors (Lipinski definition) is 2. The van der Waals surface area contributed by atoms with Crippen molar-refractivity contribution in [3.05, 3.63) is 22.6 Å². The molecule has 4 heteroatoms. The minimum atomic E-state index is -0.829. The zero-order chi connectivity index (χ0) is 10.3. The highest BCUT2D eigenvalue weighted by atomic mass is 35.5. The molecule has 0 saturated heterocycles. The average molecular weight is 215 g/mol. The minimum Gasteiger partial charge on any atom is -0.481 e. The molecule has 76 valence electrons. The summed E-state index contributed by atoms with van der Waals surface area (Å²) >= 11 is 5.71. The molecular weight excluding hydrogens is 204 g/mol. The molecule has 0 spiro atoms. The van der Waals surface area contributed by atoms with E-state index in [0.717, 1.165) is 18.4 Å². The van der Waals surface area contributed by atoms with Gasteiger partial charge in [0.15, 0.2) is 5.22 Å². The Hall–Kier alpha value is -0.960. The van der Waals surface area contributed by atoms with Crippen LogP contribution >= 0.6 is 11.6 Å². The van der Waals surface area contributed by atoms with Crippen molar-refractivity contribution >= 4 is 17.6 Å². The van der Waals surface area contributed by atoms with E-state index in [1.54, 1.807) is 6.07 Å². The number of rotatable bonds is 1. The van der Waals surface area contributed by atoms with Gasteiger partial charge in [-0.15, -0.1) is 0 Å². The maximum atomic E-state index is 11.0. The fourth-order valence-corrected chi connectivity index (χ4v) is 2.25. The Morgan fingerprint density at radius 1 is 1.71 bits per heavy atom. The zero-order valence-electron chi connectivity index (χ0n) is 7.79. The van der Waals surface area contributed by atoms with Crippen molar-refractivity contribution in [1.29, 1.82) is 0 Å². The summed E-state index contributed by atoms with van der Waals surface area (Å²) in [6, 6.07) is 1.72. The number of carbonyl (C=O) groups is 1. The van der Waals surface area contributed by atoms with Crippen LogP contribution in [0, 0.1) is 5.92 Å². The van der Waals surface area contributed by atoms with Crippen molar-refractivity contribution < 1.29 is 14.3 Å². The number of aryl methyl sites for hydroxylation is 1. The standard InChI is InChI=1S/C10H11ClO3/c1-5-2-3-6-4-7(11)14-9(6)8(5)10(12)13/h4-5,8H,2-3H2,1H3,(H,12,13). The van der Waals surface area contributed by atoms with Gasteiger partial charge in [-0.2, -0.15) is 0 Å². The molecule has 2 atom stereocenters. The van der Waals surface area contributed by atoms with Gasteiger partial charge >= 0.3 is 5.97 Å². The smallest absolute Gasteiger partial charge is 0.314 e. The first-order valence-electron chi connectivity index (χ1n) is 4.60. The first-order chi connectivity index (χ1) is 6.59. The van der Waals surface area contributed by atoms with E-state index in [1.807, 2.05) is 6.92 Å². The number of carboxylic acids is 1. The lowest BCUT2D eigenvalue weighted by atomic mass is 9.80. The highest BCUT2D eigenvalue weighted by molar-refractivity contribution is 6.29. The molecule has 0 radical (unpaired) electrons. The van der Waals surface area contributed by atoms with Crippen LogP contribution in [0.3, 0.4) is 0 Å². The third-order valence-corrected chi connectivity index (χ3v) is 2.98. The van der Waals surface area contributed by atoms with E-state index >= 15 is 0 Å². The van der Waals surface area contributed by atoms with Gasteiger partial charge in [0, 0.05) is 0 Å². The Bertz CT molecular complexity index is 369. The van der Waals surface area contributed by atoms with Crippen molar-refractivity contribution in [2.75, 3.05) is 0 Å². The lowest BCUT2D eigenvalue weighted by molar-refractivity contribution is -0.140. The second-order valence-corrected chi connectivity index (χ2v) is 4.14. The molecule has 0 fully saturated rings. The van der Waals surface area contributed by atoms with Crippen LogP contribution < -0.4 is 0 Å². The Morgan fingerprint density at radius 2 is 2.43 bits per heavy atom. The van der Waals surface area contributed by atoms with Gasteiger partial charge in [0.1, 0.15) is 11.7 Å². The van der Waals surface area contributed by atoms with Crippen molar-refractivity contribution in [1.82, 2.24) is 0 Å². The summed E-state index contributed by atoms with van der Waals surface area (Å²) in [6.07, 6.45) is 1.73. The van der Waals surface area contributed by atoms with Crippen molar-refractivity contribution in [2.24, 2.45) is 5.92 Å². The number of furan rings is 1. The number of hydrogen-bond donors (Lipinski definition) is 1. The van der Waals surface area contributed by atoms with Gasteiger partial charge in [0.25, 0.3) is 0 Å². The Labute approximate surface area is 86.7 Å². The molecule has 14 heavy (non-hydrogen) atoms. The molecule has 2 unspecified atom stereocenters. The summed E-state index contributed by atoms with van der Waals surface area (Å²) in [5.74, 6) is -0.709. The van der Waals surface area contributed by atoms with Crippen LogP contribution in [0.4, 0.5) is 0 Å². The molecule has 1 aromatic rings. The Morgan fingerprint density at radius 3 is 3.07 bits per heavy atom. The van der Waals surface area contributed by atoms with Gasteiger partial charge in [-0.3, -0.25) is 4.79 Å². The third kappa shape index (κ3) is 1.42. The molecule has 1 aromatic heterocycles. The maximum absolute atomic E-state index is 11.0. The fourth-order valence-electron chi connectivity index (χ4n) is 2.03. The van der Waals surface area contributed by atoms with Gasteiger partial charge in [-0.1, -0.05) is 6.92 Å². The van der Waals surface area contributed by atoms with E-state index < -0.39 is 11.9 Å². The summed E-state index contributed by atoms with van der Waals surface area (Å²) in [5, 5.41) is 9.35. The van der Waals surface area contributed by atoms with Crippen molar-refractivity contribution in [3.8, 4) is 0 Å². The molecule has 3 nitrogen and oxygen atoms in total. The van der Waals surface area contributed by atoms with Gasteiger partial charge in [-0.05, 0) is 42.0 Å². The van der Waals surface area contributed by atoms with Crippen LogP contribution in [0.2, 0.25) is 5.22 Å². The molecule has 0 amide bonds. The molecule has 1 N–H and O–H groups in total. The first-order valence-corrected chi connectivity index (χ1v) is 4.98. The normalized spacial score (nSPS) is 25.9. The maximum Gasteiger partial charge on any atom is 0.314 e. The van der Waals surface area contributed by atoms with Crippen molar-refractivity contribution in [2.45, 2.75) is 25.7 Å². The first kappa shape index (κ1) is 9.59. The SMILES string of the molecule is CC1CCc2cc(Cl)oc2C1C(=O)O. The predicted octanol–water partition coefficient (Wildman–Crippen LogP) is 2.68. The van der Waals surface area contributed by atoms with Crippen molar-refractivity contribution in [3.63, 3.8) is 0 Å².